The molecule has 4 rings (SSSR count). The number of benzene rings is 2. The molecular formula is C27H27N3O3. The normalized spacial score (nSPS) is 13.4. The second-order valence-electron chi connectivity index (χ2n) is 8.26. The lowest BCUT2D eigenvalue weighted by molar-refractivity contribution is -0.139. The van der Waals surface area contributed by atoms with Crippen LogP contribution < -0.4 is 0 Å². The van der Waals surface area contributed by atoms with Crippen LogP contribution in [0.4, 0.5) is 0 Å². The highest BCUT2D eigenvalue weighted by atomic mass is 16.2. The molecule has 2 aromatic carbocycles. The van der Waals surface area contributed by atoms with Crippen molar-refractivity contribution < 1.29 is 14.4 Å². The number of hydrogen-bond donors (Lipinski definition) is 0. The minimum absolute atomic E-state index is 0.0849. The fraction of sp³-hybridized carbons (Fsp3) is 0.259. The maximum atomic E-state index is 13.4. The molecule has 3 amide bonds. The van der Waals surface area contributed by atoms with Crippen molar-refractivity contribution in [3.05, 3.63) is 101 Å². The summed E-state index contributed by atoms with van der Waals surface area (Å²) in [6.45, 7) is 3.29. The molecule has 0 unspecified atom stereocenters. The summed E-state index contributed by atoms with van der Waals surface area (Å²) in [6.07, 6.45) is 5.01. The van der Waals surface area contributed by atoms with Gasteiger partial charge in [0.05, 0.1) is 6.54 Å². The van der Waals surface area contributed by atoms with Crippen molar-refractivity contribution in [1.29, 1.82) is 0 Å². The molecule has 0 spiro atoms. The van der Waals surface area contributed by atoms with E-state index in [1.807, 2.05) is 24.3 Å². The van der Waals surface area contributed by atoms with Crippen molar-refractivity contribution >= 4 is 17.7 Å². The molecular weight excluding hydrogens is 414 g/mol. The van der Waals surface area contributed by atoms with E-state index < -0.39 is 0 Å². The number of carbonyl (C=O) groups excluding carboxylic acids is 3. The van der Waals surface area contributed by atoms with Crippen molar-refractivity contribution in [1.82, 2.24) is 14.8 Å². The summed E-state index contributed by atoms with van der Waals surface area (Å²) in [5, 5.41) is 0. The minimum Gasteiger partial charge on any atom is -0.330 e. The van der Waals surface area contributed by atoms with E-state index >= 15 is 0 Å². The second-order valence-corrected chi connectivity index (χ2v) is 8.26. The minimum atomic E-state index is -0.142. The highest BCUT2D eigenvalue weighted by Gasteiger charge is 2.28. The molecule has 2 heterocycles. The molecule has 33 heavy (non-hydrogen) atoms. The number of aryl methyl sites for hydroxylation is 1. The molecule has 1 aliphatic heterocycles. The summed E-state index contributed by atoms with van der Waals surface area (Å²) >= 11 is 0. The number of aromatic nitrogens is 1. The Hall–Kier alpha value is -3.80. The van der Waals surface area contributed by atoms with Gasteiger partial charge >= 0.3 is 0 Å². The maximum Gasteiger partial charge on any atom is 0.254 e. The zero-order chi connectivity index (χ0) is 23.2. The lowest BCUT2D eigenvalue weighted by atomic mass is 10.1. The zero-order valence-electron chi connectivity index (χ0n) is 18.7. The standard InChI is InChI=1S/C27H27N3O3/c1-2-20-5-7-21(8-6-20)17-29(18-23-4-3-15-28-16-23)27(33)24-11-9-22(10-12-24)19-30-25(31)13-14-26(30)32/h3-12,15-16H,2,13-14,17-19H2,1H3. The third-order valence-electron chi connectivity index (χ3n) is 5.88. The topological polar surface area (TPSA) is 70.6 Å². The average Bonchev–Trinajstić information content (AvgIpc) is 3.17. The number of imide groups is 1. The summed E-state index contributed by atoms with van der Waals surface area (Å²) < 4.78 is 0. The molecule has 0 N–H and O–H groups in total. The summed E-state index contributed by atoms with van der Waals surface area (Å²) in [6, 6.07) is 19.3. The molecule has 0 atom stereocenters. The van der Waals surface area contributed by atoms with Crippen LogP contribution >= 0.6 is 0 Å². The van der Waals surface area contributed by atoms with Gasteiger partial charge in [-0.3, -0.25) is 24.3 Å². The summed E-state index contributed by atoms with van der Waals surface area (Å²) in [5.41, 5.74) is 4.66. The predicted molar refractivity (Wildman–Crippen MR) is 125 cm³/mol. The van der Waals surface area contributed by atoms with Crippen LogP contribution in [0.2, 0.25) is 0 Å². The number of likely N-dealkylation sites (tertiary alicyclic amines) is 1. The number of nitrogens with zero attached hydrogens (tertiary/aromatic N) is 3. The first-order valence-corrected chi connectivity index (χ1v) is 11.2. The van der Waals surface area contributed by atoms with E-state index in [1.54, 1.807) is 29.4 Å². The molecule has 1 saturated heterocycles. The van der Waals surface area contributed by atoms with E-state index in [0.29, 0.717) is 18.7 Å². The average molecular weight is 442 g/mol. The fourth-order valence-electron chi connectivity index (χ4n) is 3.93. The highest BCUT2D eigenvalue weighted by Crippen LogP contribution is 2.18. The van der Waals surface area contributed by atoms with Gasteiger partial charge in [0.2, 0.25) is 11.8 Å². The van der Waals surface area contributed by atoms with Crippen LogP contribution in [0, 0.1) is 0 Å². The first-order chi connectivity index (χ1) is 16.0. The van der Waals surface area contributed by atoms with Gasteiger partial charge in [-0.1, -0.05) is 49.4 Å². The van der Waals surface area contributed by atoms with E-state index in [4.69, 9.17) is 0 Å². The van der Waals surface area contributed by atoms with Crippen molar-refractivity contribution in [3.8, 4) is 0 Å². The monoisotopic (exact) mass is 441 g/mol. The number of rotatable bonds is 8. The summed E-state index contributed by atoms with van der Waals surface area (Å²) in [5.74, 6) is -0.368. The Bertz CT molecular complexity index is 1110. The Kier molecular flexibility index (Phi) is 6.93. The number of carbonyl (C=O) groups is 3. The first-order valence-electron chi connectivity index (χ1n) is 11.2. The predicted octanol–water partition coefficient (Wildman–Crippen LogP) is 4.14. The van der Waals surface area contributed by atoms with Crippen molar-refractivity contribution in [2.45, 2.75) is 45.8 Å². The van der Waals surface area contributed by atoms with Crippen molar-refractivity contribution in [2.75, 3.05) is 0 Å². The molecule has 6 heteroatoms. The molecule has 0 saturated carbocycles. The smallest absolute Gasteiger partial charge is 0.254 e. The Morgan fingerprint density at radius 2 is 1.45 bits per heavy atom. The summed E-state index contributed by atoms with van der Waals surface area (Å²) in [7, 11) is 0. The van der Waals surface area contributed by atoms with Crippen molar-refractivity contribution in [3.63, 3.8) is 0 Å². The molecule has 0 bridgehead atoms. The Balaban J connectivity index is 1.52. The number of pyridine rings is 1. The van der Waals surface area contributed by atoms with E-state index in [-0.39, 0.29) is 37.1 Å². The van der Waals surface area contributed by atoms with E-state index in [9.17, 15) is 14.4 Å². The van der Waals surface area contributed by atoms with Crippen LogP contribution in [0.3, 0.4) is 0 Å². The van der Waals surface area contributed by atoms with Crippen LogP contribution in [-0.2, 0) is 35.6 Å². The summed E-state index contributed by atoms with van der Waals surface area (Å²) in [4.78, 5) is 44.4. The zero-order valence-corrected chi connectivity index (χ0v) is 18.7. The molecule has 1 aliphatic rings. The molecule has 3 aromatic rings. The number of hydrogen-bond acceptors (Lipinski definition) is 4. The first kappa shape index (κ1) is 22.4. The lowest BCUT2D eigenvalue weighted by Crippen LogP contribution is -2.30. The van der Waals surface area contributed by atoms with Gasteiger partial charge in [-0.05, 0) is 46.9 Å². The van der Waals surface area contributed by atoms with Gasteiger partial charge in [0.15, 0.2) is 0 Å². The van der Waals surface area contributed by atoms with Crippen LogP contribution in [-0.4, -0.2) is 32.5 Å². The fourth-order valence-corrected chi connectivity index (χ4v) is 3.93. The van der Waals surface area contributed by atoms with Crippen molar-refractivity contribution in [2.24, 2.45) is 0 Å². The SMILES string of the molecule is CCc1ccc(CN(Cc2cccnc2)C(=O)c2ccc(CN3C(=O)CCC3=O)cc2)cc1. The molecule has 168 valence electrons. The van der Waals surface area contributed by atoms with Crippen LogP contribution in [0.5, 0.6) is 0 Å². The van der Waals surface area contributed by atoms with Crippen LogP contribution in [0.25, 0.3) is 0 Å². The van der Waals surface area contributed by atoms with Gasteiger partial charge < -0.3 is 4.90 Å². The highest BCUT2D eigenvalue weighted by molar-refractivity contribution is 6.01. The van der Waals surface area contributed by atoms with Gasteiger partial charge in [-0.15, -0.1) is 0 Å². The largest absolute Gasteiger partial charge is 0.330 e. The Morgan fingerprint density at radius 3 is 2.06 bits per heavy atom. The quantitative estimate of drug-likeness (QED) is 0.493. The van der Waals surface area contributed by atoms with Gasteiger partial charge in [-0.2, -0.15) is 0 Å². The van der Waals surface area contributed by atoms with E-state index in [0.717, 1.165) is 23.1 Å². The second kappa shape index (κ2) is 10.2. The lowest BCUT2D eigenvalue weighted by Gasteiger charge is -2.23. The Labute approximate surface area is 193 Å². The van der Waals surface area contributed by atoms with E-state index in [2.05, 4.69) is 36.2 Å². The molecule has 6 nitrogen and oxygen atoms in total. The van der Waals surface area contributed by atoms with Gasteiger partial charge in [0, 0.05) is 43.9 Å². The third-order valence-corrected chi connectivity index (χ3v) is 5.88. The van der Waals surface area contributed by atoms with Crippen LogP contribution in [0.15, 0.2) is 73.1 Å². The maximum absolute atomic E-state index is 13.4. The molecule has 0 aliphatic carbocycles. The Morgan fingerprint density at radius 1 is 0.848 bits per heavy atom. The molecule has 1 fully saturated rings. The van der Waals surface area contributed by atoms with E-state index in [1.165, 1.54) is 10.5 Å². The van der Waals surface area contributed by atoms with Gasteiger partial charge in [-0.25, -0.2) is 0 Å². The van der Waals surface area contributed by atoms with Crippen LogP contribution in [0.1, 0.15) is 52.4 Å². The van der Waals surface area contributed by atoms with Gasteiger partial charge in [0.1, 0.15) is 0 Å². The number of amides is 3. The van der Waals surface area contributed by atoms with Gasteiger partial charge in [0.25, 0.3) is 5.91 Å². The third kappa shape index (κ3) is 5.52. The molecule has 1 aromatic heterocycles. The molecule has 0 radical (unpaired) electrons.